The molecule has 0 saturated carbocycles. The zero-order valence-electron chi connectivity index (χ0n) is 36.4. The molecule has 56 heavy (non-hydrogen) atoms. The van der Waals surface area contributed by atoms with Crippen molar-refractivity contribution < 1.29 is 42.4 Å². The van der Waals surface area contributed by atoms with Crippen molar-refractivity contribution in [1.29, 1.82) is 0 Å². The molecule has 0 aromatic rings. The van der Waals surface area contributed by atoms with Crippen molar-refractivity contribution in [2.24, 2.45) is 0 Å². The predicted molar refractivity (Wildman–Crippen MR) is 232 cm³/mol. The first-order chi connectivity index (χ1) is 27.0. The number of ether oxygens (including phenoxy) is 2. The van der Waals surface area contributed by atoms with E-state index in [4.69, 9.17) is 18.5 Å². The Kier molecular flexibility index (Phi) is 37.1. The molecule has 0 spiro atoms. The Bertz CT molecular complexity index is 1100. The smallest absolute Gasteiger partial charge is 0.305 e. The lowest BCUT2D eigenvalue weighted by Crippen LogP contribution is -2.37. The summed E-state index contributed by atoms with van der Waals surface area (Å²) in [5.74, 6) is -0.450. The van der Waals surface area contributed by atoms with Gasteiger partial charge in [-0.1, -0.05) is 140 Å². The van der Waals surface area contributed by atoms with Gasteiger partial charge in [-0.25, -0.2) is 0 Å². The van der Waals surface area contributed by atoms with Crippen LogP contribution in [0.25, 0.3) is 0 Å². The standard InChI is InChI=1S/C46H84NO8P/c1-6-8-10-12-14-16-18-20-21-22-24-26-28-30-32-34-40-52-45(43-55-56(50,51)54-41-39-47(3,4)5)42-53-46(49)38-35-37-44(48)36-33-31-29-27-25-23-19-17-15-13-11-9-7-2/h16,18,23,25,29,31,33-34,36,40,44-45,48H,6-15,17,19-22,24,26-28,30,32,35,37-39,41-43H2,1-5H3/b18-16-,25-23+,31-29+,36-33+,40-34+/t44?,45-/m1/s1. The van der Waals surface area contributed by atoms with Gasteiger partial charge in [0.15, 0.2) is 6.10 Å². The summed E-state index contributed by atoms with van der Waals surface area (Å²) in [5.41, 5.74) is 0. The number of aliphatic hydroxyl groups is 1. The molecular formula is C46H84NO8P. The van der Waals surface area contributed by atoms with Crippen molar-refractivity contribution >= 4 is 13.8 Å². The highest BCUT2D eigenvalue weighted by Gasteiger charge is 2.19. The Morgan fingerprint density at radius 3 is 1.80 bits per heavy atom. The van der Waals surface area contributed by atoms with Crippen molar-refractivity contribution in [2.45, 2.75) is 180 Å². The van der Waals surface area contributed by atoms with Gasteiger partial charge in [0.25, 0.3) is 7.82 Å². The highest BCUT2D eigenvalue weighted by molar-refractivity contribution is 7.45. The molecule has 0 aliphatic heterocycles. The molecule has 0 amide bonds. The van der Waals surface area contributed by atoms with Gasteiger partial charge in [0, 0.05) is 6.42 Å². The van der Waals surface area contributed by atoms with Gasteiger partial charge in [0.1, 0.15) is 19.8 Å². The van der Waals surface area contributed by atoms with Crippen LogP contribution in [0, 0.1) is 0 Å². The summed E-state index contributed by atoms with van der Waals surface area (Å²) in [7, 11) is 1.25. The van der Waals surface area contributed by atoms with Crippen molar-refractivity contribution in [2.75, 3.05) is 47.5 Å². The fourth-order valence-corrected chi connectivity index (χ4v) is 6.38. The average Bonchev–Trinajstić information content (AvgIpc) is 3.14. The molecule has 1 N–H and O–H groups in total. The monoisotopic (exact) mass is 810 g/mol. The van der Waals surface area contributed by atoms with Crippen LogP contribution in [-0.4, -0.2) is 75.3 Å². The fraction of sp³-hybridized carbons (Fsp3) is 0.761. The number of carbonyl (C=O) groups excluding carboxylic acids is 1. The summed E-state index contributed by atoms with van der Waals surface area (Å²) < 4.78 is 34.2. The van der Waals surface area contributed by atoms with Crippen LogP contribution in [0.15, 0.2) is 60.9 Å². The van der Waals surface area contributed by atoms with E-state index >= 15 is 0 Å². The Hall–Kier alpha value is -2.00. The van der Waals surface area contributed by atoms with Gasteiger partial charge in [-0.3, -0.25) is 9.36 Å². The summed E-state index contributed by atoms with van der Waals surface area (Å²) in [4.78, 5) is 24.8. The van der Waals surface area contributed by atoms with Crippen LogP contribution in [0.2, 0.25) is 0 Å². The van der Waals surface area contributed by atoms with Crippen LogP contribution in [0.5, 0.6) is 0 Å². The molecule has 0 radical (unpaired) electrons. The first-order valence-electron chi connectivity index (χ1n) is 22.2. The summed E-state index contributed by atoms with van der Waals surface area (Å²) in [6.45, 7) is 4.46. The van der Waals surface area contributed by atoms with Crippen LogP contribution in [0.3, 0.4) is 0 Å². The van der Waals surface area contributed by atoms with E-state index in [0.717, 1.165) is 32.1 Å². The van der Waals surface area contributed by atoms with Gasteiger partial charge in [-0.05, 0) is 76.7 Å². The number of esters is 1. The van der Waals surface area contributed by atoms with E-state index in [2.05, 4.69) is 44.2 Å². The zero-order chi connectivity index (χ0) is 41.4. The number of phosphoric acid groups is 1. The minimum atomic E-state index is -4.56. The molecular weight excluding hydrogens is 725 g/mol. The Balaban J connectivity index is 4.48. The number of hydrogen-bond acceptors (Lipinski definition) is 8. The lowest BCUT2D eigenvalue weighted by molar-refractivity contribution is -0.870. The molecule has 0 heterocycles. The number of hydrogen-bond donors (Lipinski definition) is 1. The largest absolute Gasteiger partial charge is 0.756 e. The SMILES string of the molecule is CCCCCC/C=C\CCCCCCCC/C=C/O[C@H](COC(=O)CCCC(O)/C=C/C=C/C/C=C/CCCCCCCC)COP(=O)([O-])OCC[N+](C)(C)C. The molecule has 2 unspecified atom stereocenters. The lowest BCUT2D eigenvalue weighted by Gasteiger charge is -2.28. The molecule has 0 saturated heterocycles. The van der Waals surface area contributed by atoms with Crippen LogP contribution in [-0.2, 0) is 27.9 Å². The van der Waals surface area contributed by atoms with Gasteiger partial charge >= 0.3 is 5.97 Å². The Morgan fingerprint density at radius 2 is 1.21 bits per heavy atom. The molecule has 9 nitrogen and oxygen atoms in total. The van der Waals surface area contributed by atoms with Gasteiger partial charge in [0.05, 0.1) is 40.1 Å². The molecule has 0 aromatic heterocycles. The van der Waals surface area contributed by atoms with E-state index in [1.54, 1.807) is 6.08 Å². The fourth-order valence-electron chi connectivity index (χ4n) is 5.65. The van der Waals surface area contributed by atoms with E-state index in [9.17, 15) is 19.4 Å². The highest BCUT2D eigenvalue weighted by atomic mass is 31.2. The molecule has 326 valence electrons. The third-order valence-electron chi connectivity index (χ3n) is 9.23. The van der Waals surface area contributed by atoms with Crippen LogP contribution in [0.4, 0.5) is 0 Å². The van der Waals surface area contributed by atoms with E-state index in [1.807, 2.05) is 39.4 Å². The second-order valence-corrected chi connectivity index (χ2v) is 17.4. The van der Waals surface area contributed by atoms with Crippen LogP contribution >= 0.6 is 7.82 Å². The van der Waals surface area contributed by atoms with E-state index in [0.29, 0.717) is 23.9 Å². The van der Waals surface area contributed by atoms with E-state index in [-0.39, 0.29) is 26.2 Å². The Labute approximate surface area is 343 Å². The summed E-state index contributed by atoms with van der Waals surface area (Å²) in [6.07, 6.45) is 45.1. The average molecular weight is 810 g/mol. The van der Waals surface area contributed by atoms with Crippen LogP contribution in [0.1, 0.15) is 168 Å². The molecule has 3 atom stereocenters. The summed E-state index contributed by atoms with van der Waals surface area (Å²) in [6, 6.07) is 0. The number of carbonyl (C=O) groups is 1. The van der Waals surface area contributed by atoms with Gasteiger partial charge in [0.2, 0.25) is 0 Å². The third-order valence-corrected chi connectivity index (χ3v) is 10.2. The van der Waals surface area contributed by atoms with Gasteiger partial charge < -0.3 is 33.0 Å². The predicted octanol–water partition coefficient (Wildman–Crippen LogP) is 11.6. The molecule has 0 aliphatic rings. The second kappa shape index (κ2) is 38.5. The molecule has 0 aromatic carbocycles. The van der Waals surface area contributed by atoms with Gasteiger partial charge in [-0.15, -0.1) is 0 Å². The minimum Gasteiger partial charge on any atom is -0.756 e. The number of nitrogens with zero attached hydrogens (tertiary/aromatic N) is 1. The number of phosphoric ester groups is 1. The number of allylic oxidation sites excluding steroid dienone is 8. The summed E-state index contributed by atoms with van der Waals surface area (Å²) in [5, 5.41) is 10.3. The quantitative estimate of drug-likeness (QED) is 0.0124. The Morgan fingerprint density at radius 1 is 0.679 bits per heavy atom. The molecule has 0 rings (SSSR count). The van der Waals surface area contributed by atoms with E-state index in [1.165, 1.54) is 109 Å². The normalized spacial score (nSPS) is 14.8. The topological polar surface area (TPSA) is 114 Å². The number of likely N-dealkylation sites (N-methyl/N-ethyl adjacent to an activating group) is 1. The molecule has 10 heteroatoms. The number of unbranched alkanes of at least 4 members (excludes halogenated alkanes) is 17. The first kappa shape index (κ1) is 54.0. The minimum absolute atomic E-state index is 0.00500. The molecule has 0 fully saturated rings. The maximum atomic E-state index is 12.5. The zero-order valence-corrected chi connectivity index (χ0v) is 37.3. The van der Waals surface area contributed by atoms with Crippen molar-refractivity contribution in [1.82, 2.24) is 0 Å². The van der Waals surface area contributed by atoms with Crippen molar-refractivity contribution in [3.05, 3.63) is 60.9 Å². The summed E-state index contributed by atoms with van der Waals surface area (Å²) >= 11 is 0. The van der Waals surface area contributed by atoms with Crippen molar-refractivity contribution in [3.8, 4) is 0 Å². The highest BCUT2D eigenvalue weighted by Crippen LogP contribution is 2.38. The molecule has 0 aliphatic carbocycles. The maximum Gasteiger partial charge on any atom is 0.305 e. The van der Waals surface area contributed by atoms with Crippen LogP contribution < -0.4 is 4.89 Å². The lowest BCUT2D eigenvalue weighted by atomic mass is 10.1. The van der Waals surface area contributed by atoms with Crippen molar-refractivity contribution in [3.63, 3.8) is 0 Å². The third kappa shape index (κ3) is 41.6. The number of rotatable bonds is 40. The maximum absolute atomic E-state index is 12.5. The number of aliphatic hydroxyl groups excluding tert-OH is 1. The van der Waals surface area contributed by atoms with Gasteiger partial charge in [-0.2, -0.15) is 0 Å². The number of quaternary nitrogens is 1. The molecule has 0 bridgehead atoms. The first-order valence-corrected chi connectivity index (χ1v) is 23.6. The van der Waals surface area contributed by atoms with E-state index < -0.39 is 26.0 Å². The second-order valence-electron chi connectivity index (χ2n) is 16.0.